The number of hydrogen-bond acceptors (Lipinski definition) is 0. The summed E-state index contributed by atoms with van der Waals surface area (Å²) in [6, 6.07) is 8.49. The van der Waals surface area contributed by atoms with Crippen LogP contribution in [0.1, 0.15) is 13.8 Å². The number of benzene rings is 1. The molecule has 0 saturated heterocycles. The molecule has 2 aromatic rings. The lowest BCUT2D eigenvalue weighted by Crippen LogP contribution is -2.00. The van der Waals surface area contributed by atoms with Gasteiger partial charge in [-0.1, -0.05) is 38.1 Å². The van der Waals surface area contributed by atoms with Gasteiger partial charge in [-0.05, 0) is 16.7 Å². The predicted octanol–water partition coefficient (Wildman–Crippen LogP) is 3.30. The van der Waals surface area contributed by atoms with Gasteiger partial charge < -0.3 is 4.57 Å². The molecule has 0 radical (unpaired) electrons. The lowest BCUT2D eigenvalue weighted by molar-refractivity contribution is 0.526. The SMILES string of the molecule is CC(C)Cn1cc2ccccc2c1. The topological polar surface area (TPSA) is 4.93 Å². The Bertz CT molecular complexity index is 365. The van der Waals surface area contributed by atoms with Crippen LogP contribution in [0.25, 0.3) is 10.8 Å². The third-order valence-corrected chi connectivity index (χ3v) is 2.18. The fourth-order valence-electron chi connectivity index (χ4n) is 1.67. The minimum absolute atomic E-state index is 0.710. The van der Waals surface area contributed by atoms with E-state index in [0.717, 1.165) is 6.54 Å². The van der Waals surface area contributed by atoms with Crippen LogP contribution < -0.4 is 0 Å². The van der Waals surface area contributed by atoms with Crippen LogP contribution in [0, 0.1) is 5.92 Å². The zero-order chi connectivity index (χ0) is 9.26. The quantitative estimate of drug-likeness (QED) is 0.656. The molecule has 13 heavy (non-hydrogen) atoms. The molecule has 68 valence electrons. The zero-order valence-corrected chi connectivity index (χ0v) is 8.20. The first-order valence-corrected chi connectivity index (χ1v) is 4.80. The maximum Gasteiger partial charge on any atom is 0.0243 e. The van der Waals surface area contributed by atoms with Crippen molar-refractivity contribution in [1.82, 2.24) is 4.57 Å². The molecule has 1 nitrogen and oxygen atoms in total. The molecule has 0 saturated carbocycles. The second kappa shape index (κ2) is 3.25. The van der Waals surface area contributed by atoms with Crippen LogP contribution in [0.2, 0.25) is 0 Å². The van der Waals surface area contributed by atoms with E-state index >= 15 is 0 Å². The van der Waals surface area contributed by atoms with Crippen molar-refractivity contribution in [3.8, 4) is 0 Å². The van der Waals surface area contributed by atoms with Gasteiger partial charge >= 0.3 is 0 Å². The van der Waals surface area contributed by atoms with Gasteiger partial charge in [0.1, 0.15) is 0 Å². The van der Waals surface area contributed by atoms with E-state index in [4.69, 9.17) is 0 Å². The summed E-state index contributed by atoms with van der Waals surface area (Å²) < 4.78 is 2.27. The van der Waals surface area contributed by atoms with E-state index in [0.29, 0.717) is 5.92 Å². The van der Waals surface area contributed by atoms with Crippen molar-refractivity contribution in [2.24, 2.45) is 5.92 Å². The Labute approximate surface area is 79.0 Å². The lowest BCUT2D eigenvalue weighted by Gasteiger charge is -2.04. The van der Waals surface area contributed by atoms with Crippen LogP contribution in [0.15, 0.2) is 36.7 Å². The van der Waals surface area contributed by atoms with Gasteiger partial charge in [0.25, 0.3) is 0 Å². The van der Waals surface area contributed by atoms with Crippen molar-refractivity contribution in [2.45, 2.75) is 20.4 Å². The normalized spacial score (nSPS) is 11.3. The Morgan fingerprint density at radius 3 is 2.08 bits per heavy atom. The third-order valence-electron chi connectivity index (χ3n) is 2.18. The Balaban J connectivity index is 2.38. The summed E-state index contributed by atoms with van der Waals surface area (Å²) in [6.45, 7) is 5.59. The van der Waals surface area contributed by atoms with Gasteiger partial charge in [-0.2, -0.15) is 0 Å². The van der Waals surface area contributed by atoms with Crippen LogP contribution >= 0.6 is 0 Å². The second-order valence-corrected chi connectivity index (χ2v) is 3.98. The van der Waals surface area contributed by atoms with E-state index in [9.17, 15) is 0 Å². The predicted molar refractivity (Wildman–Crippen MR) is 56.8 cm³/mol. The first-order valence-electron chi connectivity index (χ1n) is 4.80. The summed E-state index contributed by atoms with van der Waals surface area (Å²) in [6.07, 6.45) is 4.44. The van der Waals surface area contributed by atoms with Gasteiger partial charge in [-0.25, -0.2) is 0 Å². The number of aromatic nitrogens is 1. The molecule has 0 spiro atoms. The van der Waals surface area contributed by atoms with Crippen LogP contribution in [0.4, 0.5) is 0 Å². The van der Waals surface area contributed by atoms with Crippen molar-refractivity contribution < 1.29 is 0 Å². The molecule has 1 heterocycles. The second-order valence-electron chi connectivity index (χ2n) is 3.98. The Morgan fingerprint density at radius 2 is 1.62 bits per heavy atom. The van der Waals surface area contributed by atoms with E-state index < -0.39 is 0 Å². The average molecular weight is 173 g/mol. The standard InChI is InChI=1S/C12H15N/c1-10(2)7-13-8-11-5-3-4-6-12(11)9-13/h3-6,8-10H,7H2,1-2H3. The summed E-state index contributed by atoms with van der Waals surface area (Å²) in [7, 11) is 0. The molecule has 0 bridgehead atoms. The molecular formula is C12H15N. The van der Waals surface area contributed by atoms with Gasteiger partial charge in [-0.3, -0.25) is 0 Å². The molecular weight excluding hydrogens is 158 g/mol. The molecule has 0 amide bonds. The van der Waals surface area contributed by atoms with Crippen LogP contribution in [-0.2, 0) is 6.54 Å². The fourth-order valence-corrected chi connectivity index (χ4v) is 1.67. The highest BCUT2D eigenvalue weighted by atomic mass is 14.9. The first-order chi connectivity index (χ1) is 6.25. The van der Waals surface area contributed by atoms with Gasteiger partial charge in [0.2, 0.25) is 0 Å². The number of fused-ring (bicyclic) bond motifs is 1. The fraction of sp³-hybridized carbons (Fsp3) is 0.333. The monoisotopic (exact) mass is 173 g/mol. The molecule has 0 atom stereocenters. The number of nitrogens with zero attached hydrogens (tertiary/aromatic N) is 1. The molecule has 1 heteroatoms. The molecule has 0 aliphatic heterocycles. The number of rotatable bonds is 2. The molecule has 0 unspecified atom stereocenters. The van der Waals surface area contributed by atoms with Crippen molar-refractivity contribution in [1.29, 1.82) is 0 Å². The maximum absolute atomic E-state index is 2.27. The first kappa shape index (κ1) is 8.36. The lowest BCUT2D eigenvalue weighted by atomic mass is 10.2. The molecule has 0 aliphatic carbocycles. The average Bonchev–Trinajstić information content (AvgIpc) is 2.44. The Hall–Kier alpha value is -1.24. The molecule has 0 N–H and O–H groups in total. The van der Waals surface area contributed by atoms with Crippen LogP contribution in [0.5, 0.6) is 0 Å². The van der Waals surface area contributed by atoms with Gasteiger partial charge in [0.05, 0.1) is 0 Å². The molecule has 1 aromatic carbocycles. The summed E-state index contributed by atoms with van der Waals surface area (Å²) in [5.74, 6) is 0.710. The summed E-state index contributed by atoms with van der Waals surface area (Å²) in [4.78, 5) is 0. The zero-order valence-electron chi connectivity index (χ0n) is 8.20. The van der Waals surface area contributed by atoms with E-state index in [1.54, 1.807) is 0 Å². The van der Waals surface area contributed by atoms with Crippen LogP contribution in [0.3, 0.4) is 0 Å². The minimum Gasteiger partial charge on any atom is -0.353 e. The Morgan fingerprint density at radius 1 is 1.08 bits per heavy atom. The van der Waals surface area contributed by atoms with Crippen molar-refractivity contribution in [3.05, 3.63) is 36.7 Å². The smallest absolute Gasteiger partial charge is 0.0243 e. The van der Waals surface area contributed by atoms with Gasteiger partial charge in [-0.15, -0.1) is 0 Å². The maximum atomic E-state index is 2.27. The highest BCUT2D eigenvalue weighted by Gasteiger charge is 1.98. The van der Waals surface area contributed by atoms with E-state index in [1.165, 1.54) is 10.8 Å². The van der Waals surface area contributed by atoms with Crippen molar-refractivity contribution >= 4 is 10.8 Å². The Kier molecular flexibility index (Phi) is 2.09. The highest BCUT2D eigenvalue weighted by molar-refractivity contribution is 5.81. The van der Waals surface area contributed by atoms with E-state index in [-0.39, 0.29) is 0 Å². The van der Waals surface area contributed by atoms with Crippen LogP contribution in [-0.4, -0.2) is 4.57 Å². The minimum atomic E-state index is 0.710. The summed E-state index contributed by atoms with van der Waals surface area (Å²) in [5.41, 5.74) is 0. The summed E-state index contributed by atoms with van der Waals surface area (Å²) in [5, 5.41) is 2.67. The van der Waals surface area contributed by atoms with Crippen molar-refractivity contribution in [3.63, 3.8) is 0 Å². The number of hydrogen-bond donors (Lipinski definition) is 0. The third kappa shape index (κ3) is 1.74. The molecule has 0 aliphatic rings. The molecule has 0 fully saturated rings. The van der Waals surface area contributed by atoms with Gasteiger partial charge in [0, 0.05) is 18.9 Å². The van der Waals surface area contributed by atoms with E-state index in [2.05, 4.69) is 55.1 Å². The molecule has 1 aromatic heterocycles. The van der Waals surface area contributed by atoms with E-state index in [1.807, 2.05) is 0 Å². The summed E-state index contributed by atoms with van der Waals surface area (Å²) >= 11 is 0. The molecule has 2 rings (SSSR count). The largest absolute Gasteiger partial charge is 0.353 e. The van der Waals surface area contributed by atoms with Crippen molar-refractivity contribution in [2.75, 3.05) is 0 Å². The highest BCUT2D eigenvalue weighted by Crippen LogP contribution is 2.15. The van der Waals surface area contributed by atoms with Gasteiger partial charge in [0.15, 0.2) is 0 Å².